The maximum Gasteiger partial charge on any atom is 0.411 e. The van der Waals surface area contributed by atoms with Crippen molar-refractivity contribution >= 4 is 12.1 Å². The first-order chi connectivity index (χ1) is 15.3. The minimum atomic E-state index is -1.61. The van der Waals surface area contributed by atoms with Crippen LogP contribution in [0.25, 0.3) is 0 Å². The molecule has 0 fully saturated rings. The summed E-state index contributed by atoms with van der Waals surface area (Å²) in [6, 6.07) is 18.9. The number of hydrogen-bond donors (Lipinski definition) is 0. The van der Waals surface area contributed by atoms with E-state index >= 15 is 0 Å². The number of carbonyl (C=O) groups excluding carboxylic acids is 2. The molecule has 0 bridgehead atoms. The standard InChI is InChI=1S/C27H37NO4/c1-7-8-19-24(22-15-11-9-12-16-22)27(25(29)31-6,23-17-13-10-14-18-23)32-26(30)28(20(2)3)21(4)5/h9-18,20-21,24H,7-8,19H2,1-6H3/t24-,27+/m1/s1. The van der Waals surface area contributed by atoms with Gasteiger partial charge in [0.05, 0.1) is 7.11 Å². The first-order valence-electron chi connectivity index (χ1n) is 11.5. The number of nitrogens with zero attached hydrogens (tertiary/aromatic N) is 1. The first kappa shape index (κ1) is 25.4. The van der Waals surface area contributed by atoms with Gasteiger partial charge in [0.1, 0.15) is 0 Å². The summed E-state index contributed by atoms with van der Waals surface area (Å²) < 4.78 is 11.6. The molecule has 2 atom stereocenters. The molecule has 0 N–H and O–H groups in total. The Morgan fingerprint density at radius 1 is 0.906 bits per heavy atom. The van der Waals surface area contributed by atoms with Gasteiger partial charge in [-0.2, -0.15) is 0 Å². The van der Waals surface area contributed by atoms with Gasteiger partial charge in [0.2, 0.25) is 5.60 Å². The smallest absolute Gasteiger partial charge is 0.411 e. The molecule has 0 aromatic heterocycles. The fourth-order valence-electron chi connectivity index (χ4n) is 4.38. The average molecular weight is 440 g/mol. The lowest BCUT2D eigenvalue weighted by Crippen LogP contribution is -2.51. The van der Waals surface area contributed by atoms with Crippen molar-refractivity contribution in [1.29, 1.82) is 0 Å². The summed E-state index contributed by atoms with van der Waals surface area (Å²) in [7, 11) is 1.35. The maximum absolute atomic E-state index is 13.6. The van der Waals surface area contributed by atoms with Crippen molar-refractivity contribution in [2.24, 2.45) is 0 Å². The summed E-state index contributed by atoms with van der Waals surface area (Å²) in [4.78, 5) is 28.8. The zero-order valence-electron chi connectivity index (χ0n) is 20.2. The van der Waals surface area contributed by atoms with Gasteiger partial charge in [-0.25, -0.2) is 9.59 Å². The van der Waals surface area contributed by atoms with Crippen LogP contribution in [0, 0.1) is 0 Å². The lowest BCUT2D eigenvalue weighted by Gasteiger charge is -2.41. The summed E-state index contributed by atoms with van der Waals surface area (Å²) in [5.41, 5.74) is -0.0627. The van der Waals surface area contributed by atoms with E-state index in [-0.39, 0.29) is 12.1 Å². The Kier molecular flexibility index (Phi) is 9.30. The van der Waals surface area contributed by atoms with Crippen LogP contribution in [-0.4, -0.2) is 36.2 Å². The second-order valence-electron chi connectivity index (χ2n) is 8.66. The third-order valence-corrected chi connectivity index (χ3v) is 5.80. The van der Waals surface area contributed by atoms with Crippen molar-refractivity contribution in [3.63, 3.8) is 0 Å². The van der Waals surface area contributed by atoms with E-state index in [1.807, 2.05) is 88.4 Å². The Bertz CT molecular complexity index is 842. The van der Waals surface area contributed by atoms with Crippen LogP contribution in [-0.2, 0) is 19.9 Å². The van der Waals surface area contributed by atoms with E-state index in [4.69, 9.17) is 9.47 Å². The molecule has 174 valence electrons. The minimum absolute atomic E-state index is 0.0839. The van der Waals surface area contributed by atoms with Crippen LogP contribution in [0.15, 0.2) is 60.7 Å². The molecule has 0 aliphatic heterocycles. The van der Waals surface area contributed by atoms with Gasteiger partial charge < -0.3 is 14.4 Å². The Morgan fingerprint density at radius 3 is 1.91 bits per heavy atom. The first-order valence-corrected chi connectivity index (χ1v) is 11.5. The van der Waals surface area contributed by atoms with Crippen LogP contribution in [0.5, 0.6) is 0 Å². The van der Waals surface area contributed by atoms with Crippen LogP contribution in [0.2, 0.25) is 0 Å². The molecular formula is C27H37NO4. The van der Waals surface area contributed by atoms with E-state index in [1.54, 1.807) is 4.90 Å². The van der Waals surface area contributed by atoms with E-state index in [1.165, 1.54) is 7.11 Å². The highest BCUT2D eigenvalue weighted by atomic mass is 16.6. The Morgan fingerprint density at radius 2 is 1.44 bits per heavy atom. The van der Waals surface area contributed by atoms with Crippen molar-refractivity contribution in [2.75, 3.05) is 7.11 Å². The number of rotatable bonds is 10. The van der Waals surface area contributed by atoms with Gasteiger partial charge in [0, 0.05) is 23.6 Å². The highest BCUT2D eigenvalue weighted by Gasteiger charge is 2.53. The molecule has 0 heterocycles. The molecule has 5 nitrogen and oxygen atoms in total. The van der Waals surface area contributed by atoms with Crippen molar-refractivity contribution in [3.05, 3.63) is 71.8 Å². The molecule has 0 aliphatic carbocycles. The lowest BCUT2D eigenvalue weighted by atomic mass is 9.74. The third kappa shape index (κ3) is 5.50. The lowest BCUT2D eigenvalue weighted by molar-refractivity contribution is -0.169. The molecule has 2 aromatic rings. The molecule has 0 radical (unpaired) electrons. The molecule has 0 aliphatic rings. The number of unbranched alkanes of at least 4 members (excludes halogenated alkanes) is 1. The molecule has 0 saturated heterocycles. The molecular weight excluding hydrogens is 402 g/mol. The number of carbonyl (C=O) groups is 2. The molecule has 0 unspecified atom stereocenters. The van der Waals surface area contributed by atoms with Crippen molar-refractivity contribution < 1.29 is 19.1 Å². The molecule has 0 saturated carbocycles. The predicted octanol–water partition coefficient (Wildman–Crippen LogP) is 6.28. The number of esters is 1. The molecule has 2 aromatic carbocycles. The van der Waals surface area contributed by atoms with Gasteiger partial charge in [-0.05, 0) is 39.7 Å². The summed E-state index contributed by atoms with van der Waals surface area (Å²) in [5, 5.41) is 0. The van der Waals surface area contributed by atoms with Crippen molar-refractivity contribution in [2.45, 2.75) is 77.5 Å². The van der Waals surface area contributed by atoms with E-state index in [0.717, 1.165) is 18.4 Å². The van der Waals surface area contributed by atoms with Crippen molar-refractivity contribution in [1.82, 2.24) is 4.90 Å². The number of benzene rings is 2. The van der Waals surface area contributed by atoms with Crippen LogP contribution in [0.4, 0.5) is 4.79 Å². The van der Waals surface area contributed by atoms with Crippen LogP contribution >= 0.6 is 0 Å². The van der Waals surface area contributed by atoms with Gasteiger partial charge in [0.25, 0.3) is 0 Å². The van der Waals surface area contributed by atoms with Gasteiger partial charge in [0.15, 0.2) is 0 Å². The molecule has 1 amide bonds. The third-order valence-electron chi connectivity index (χ3n) is 5.80. The SMILES string of the molecule is CCCC[C@H](c1ccccc1)[C@](OC(=O)N(C(C)C)C(C)C)(C(=O)OC)c1ccccc1. The number of ether oxygens (including phenoxy) is 2. The summed E-state index contributed by atoms with van der Waals surface area (Å²) >= 11 is 0. The van der Waals surface area contributed by atoms with Crippen molar-refractivity contribution in [3.8, 4) is 0 Å². The zero-order valence-corrected chi connectivity index (χ0v) is 20.2. The summed E-state index contributed by atoms with van der Waals surface area (Å²) in [5.74, 6) is -0.974. The number of amides is 1. The molecule has 0 spiro atoms. The van der Waals surface area contributed by atoms with Crippen LogP contribution in [0.1, 0.15) is 70.9 Å². The largest absolute Gasteiger partial charge is 0.466 e. The summed E-state index contributed by atoms with van der Waals surface area (Å²) in [6.07, 6.45) is 1.97. The highest BCUT2D eigenvalue weighted by Crippen LogP contribution is 2.45. The van der Waals surface area contributed by atoms with E-state index in [9.17, 15) is 9.59 Å². The number of hydrogen-bond acceptors (Lipinski definition) is 4. The zero-order chi connectivity index (χ0) is 23.7. The highest BCUT2D eigenvalue weighted by molar-refractivity contribution is 5.86. The average Bonchev–Trinajstić information content (AvgIpc) is 2.78. The van der Waals surface area contributed by atoms with Gasteiger partial charge in [-0.3, -0.25) is 0 Å². The normalized spacial score (nSPS) is 14.0. The topological polar surface area (TPSA) is 55.8 Å². The van der Waals surface area contributed by atoms with E-state index in [2.05, 4.69) is 6.92 Å². The second-order valence-corrected chi connectivity index (χ2v) is 8.66. The van der Waals surface area contributed by atoms with Gasteiger partial charge in [-0.1, -0.05) is 80.4 Å². The molecule has 5 heteroatoms. The fraction of sp³-hybridized carbons (Fsp3) is 0.481. The second kappa shape index (κ2) is 11.7. The monoisotopic (exact) mass is 439 g/mol. The Balaban J connectivity index is 2.75. The summed E-state index contributed by atoms with van der Waals surface area (Å²) in [6.45, 7) is 9.87. The molecule has 2 rings (SSSR count). The van der Waals surface area contributed by atoms with Crippen LogP contribution < -0.4 is 0 Å². The van der Waals surface area contributed by atoms with E-state index in [0.29, 0.717) is 12.0 Å². The number of methoxy groups -OCH3 is 1. The van der Waals surface area contributed by atoms with E-state index < -0.39 is 23.6 Å². The quantitative estimate of drug-likeness (QED) is 0.409. The van der Waals surface area contributed by atoms with Crippen LogP contribution in [0.3, 0.4) is 0 Å². The fourth-order valence-corrected chi connectivity index (χ4v) is 4.38. The Labute approximate surface area is 192 Å². The van der Waals surface area contributed by atoms with Gasteiger partial charge in [-0.15, -0.1) is 0 Å². The predicted molar refractivity (Wildman–Crippen MR) is 127 cm³/mol. The Hall–Kier alpha value is -2.82. The maximum atomic E-state index is 13.6. The molecule has 32 heavy (non-hydrogen) atoms. The van der Waals surface area contributed by atoms with Gasteiger partial charge >= 0.3 is 12.1 Å². The minimum Gasteiger partial charge on any atom is -0.466 e.